The summed E-state index contributed by atoms with van der Waals surface area (Å²) in [6, 6.07) is 67.4. The van der Waals surface area contributed by atoms with Crippen LogP contribution >= 0.6 is 0 Å². The van der Waals surface area contributed by atoms with Gasteiger partial charge in [0.25, 0.3) is 0 Å². The molecule has 2 aliphatic rings. The van der Waals surface area contributed by atoms with Crippen LogP contribution in [0.2, 0.25) is 0 Å². The van der Waals surface area contributed by atoms with E-state index in [1.807, 2.05) is 48.5 Å². The Kier molecular flexibility index (Phi) is 14.4. The van der Waals surface area contributed by atoms with Gasteiger partial charge in [0.15, 0.2) is 0 Å². The van der Waals surface area contributed by atoms with Crippen molar-refractivity contribution < 1.29 is 18.9 Å². The molecule has 0 amide bonds. The topological polar surface area (TPSA) is 93.2 Å². The normalized spacial score (nSPS) is 14.1. The fraction of sp³-hybridized carbons (Fsp3) is 0.118. The maximum Gasteiger partial charge on any atom is 0.118 e. The molecule has 0 aliphatic carbocycles. The van der Waals surface area contributed by atoms with E-state index in [4.69, 9.17) is 28.9 Å². The number of allylic oxidation sites excluding steroid dienone is 4. The number of rotatable bonds is 18. The number of aromatic amines is 2. The molecule has 0 spiro atoms. The highest BCUT2D eigenvalue weighted by atomic mass is 16.5. The third-order valence-corrected chi connectivity index (χ3v) is 14.0. The molecule has 0 unspecified atom stereocenters. The van der Waals surface area contributed by atoms with E-state index in [2.05, 4.69) is 180 Å². The first-order valence-electron chi connectivity index (χ1n) is 25.6. The first-order valence-corrected chi connectivity index (χ1v) is 25.6. The van der Waals surface area contributed by atoms with E-state index < -0.39 is 0 Å². The van der Waals surface area contributed by atoms with E-state index >= 15 is 0 Å². The number of methoxy groups -OCH3 is 4. The van der Waals surface area contributed by atoms with Crippen LogP contribution in [0, 0.1) is 0 Å². The van der Waals surface area contributed by atoms with Gasteiger partial charge in [-0.3, -0.25) is 0 Å². The van der Waals surface area contributed by atoms with Crippen LogP contribution in [-0.2, 0) is 25.7 Å². The van der Waals surface area contributed by atoms with Gasteiger partial charge in [-0.05, 0) is 215 Å². The SMILES string of the molecule is COc1ccc(C2=N/C(=C\c3cc(Cc4ccccc4)c(-c4ccc(OC)cc4)[nH]3)C=C2Cc2ccc(CC3=C/C(=C/c4cc(Cc5ccccc5)c(-c5ccc(OC)cc5)[nH]4)N=C3c3ccc(OC)cc3)cc2)cc1. The molecule has 2 aliphatic heterocycles. The fourth-order valence-corrected chi connectivity index (χ4v) is 10.0. The van der Waals surface area contributed by atoms with E-state index in [1.165, 1.54) is 33.4 Å². The number of nitrogens with one attached hydrogen (secondary N) is 2. The minimum absolute atomic E-state index is 0.707. The van der Waals surface area contributed by atoms with E-state index in [0.29, 0.717) is 12.8 Å². The highest BCUT2D eigenvalue weighted by Crippen LogP contribution is 2.34. The Morgan fingerprint density at radius 2 is 0.671 bits per heavy atom. The van der Waals surface area contributed by atoms with Crippen LogP contribution in [0.4, 0.5) is 0 Å². The highest BCUT2D eigenvalue weighted by molar-refractivity contribution is 6.16. The van der Waals surface area contributed by atoms with Crippen LogP contribution in [0.3, 0.4) is 0 Å². The molecule has 0 atom stereocenters. The molecule has 4 heterocycles. The number of benzene rings is 7. The van der Waals surface area contributed by atoms with Crippen LogP contribution in [0.5, 0.6) is 23.0 Å². The van der Waals surface area contributed by atoms with E-state index in [9.17, 15) is 0 Å². The van der Waals surface area contributed by atoms with Crippen LogP contribution in [0.1, 0.15) is 55.9 Å². The summed E-state index contributed by atoms with van der Waals surface area (Å²) in [5, 5.41) is 0. The van der Waals surface area contributed by atoms with Gasteiger partial charge in [0.05, 0.1) is 51.3 Å². The van der Waals surface area contributed by atoms with Crippen molar-refractivity contribution in [1.82, 2.24) is 9.97 Å². The zero-order valence-corrected chi connectivity index (χ0v) is 43.1. The molecule has 0 saturated heterocycles. The number of aliphatic imine (C=N–C) groups is 2. The number of hydrogen-bond acceptors (Lipinski definition) is 6. The summed E-state index contributed by atoms with van der Waals surface area (Å²) >= 11 is 0. The van der Waals surface area contributed by atoms with Crippen molar-refractivity contribution >= 4 is 23.6 Å². The molecule has 0 bridgehead atoms. The van der Waals surface area contributed by atoms with Crippen molar-refractivity contribution in [2.45, 2.75) is 25.7 Å². The summed E-state index contributed by atoms with van der Waals surface area (Å²) in [5.74, 6) is 3.26. The van der Waals surface area contributed by atoms with Gasteiger partial charge >= 0.3 is 0 Å². The van der Waals surface area contributed by atoms with E-state index in [-0.39, 0.29) is 0 Å². The summed E-state index contributed by atoms with van der Waals surface area (Å²) in [6.07, 6.45) is 11.8. The maximum absolute atomic E-state index is 5.54. The Hall–Kier alpha value is -9.40. The summed E-state index contributed by atoms with van der Waals surface area (Å²) in [7, 11) is 6.77. The highest BCUT2D eigenvalue weighted by Gasteiger charge is 2.22. The standard InChI is InChI=1S/C68H58N4O4/c1-73-61-27-19-49(20-28-61)65-53(35-45-11-7-5-8-12-45)39-57(69-65)43-59-41-55(67(71-59)51-23-31-63(75-3)32-24-51)37-47-15-17-48(18-16-47)38-56-42-60(72-68(56)52-25-33-64(76-4)34-26-52)44-58-40-54(36-46-13-9-6-10-14-46)66(70-58)50-21-29-62(74-2)30-22-50/h5-34,39-44,69-70H,35-38H2,1-4H3/b59-43-,60-44-. The molecule has 374 valence electrons. The third kappa shape index (κ3) is 11.2. The number of aromatic nitrogens is 2. The molecule has 8 nitrogen and oxygen atoms in total. The van der Waals surface area contributed by atoms with Crippen molar-refractivity contribution in [2.24, 2.45) is 9.98 Å². The van der Waals surface area contributed by atoms with Gasteiger partial charge in [-0.2, -0.15) is 0 Å². The van der Waals surface area contributed by atoms with Crippen molar-refractivity contribution in [3.63, 3.8) is 0 Å². The monoisotopic (exact) mass is 994 g/mol. The van der Waals surface area contributed by atoms with Crippen LogP contribution in [-0.4, -0.2) is 49.8 Å². The number of nitrogens with zero attached hydrogens (tertiary/aromatic N) is 2. The molecule has 2 N–H and O–H groups in total. The van der Waals surface area contributed by atoms with Crippen molar-refractivity contribution in [2.75, 3.05) is 28.4 Å². The predicted molar refractivity (Wildman–Crippen MR) is 309 cm³/mol. The smallest absolute Gasteiger partial charge is 0.118 e. The second-order valence-corrected chi connectivity index (χ2v) is 19.1. The lowest BCUT2D eigenvalue weighted by Crippen LogP contribution is -2.06. The summed E-state index contributed by atoms with van der Waals surface area (Å²) in [6.45, 7) is 0. The number of ether oxygens (including phenoxy) is 4. The number of H-pyrrole nitrogens is 2. The van der Waals surface area contributed by atoms with Crippen molar-refractivity contribution in [3.8, 4) is 45.5 Å². The number of hydrogen-bond donors (Lipinski definition) is 2. The lowest BCUT2D eigenvalue weighted by molar-refractivity contribution is 0.414. The molecule has 8 heteroatoms. The first-order chi connectivity index (χ1) is 37.4. The molecule has 11 rings (SSSR count). The molecule has 0 radical (unpaired) electrons. The van der Waals surface area contributed by atoms with Gasteiger partial charge in [0, 0.05) is 33.9 Å². The molecular formula is C68H58N4O4. The molecule has 0 saturated carbocycles. The molecule has 2 aromatic heterocycles. The summed E-state index contributed by atoms with van der Waals surface area (Å²) in [4.78, 5) is 18.1. The Labute approximate surface area is 444 Å². The van der Waals surface area contributed by atoms with Crippen LogP contribution in [0.25, 0.3) is 34.7 Å². The van der Waals surface area contributed by atoms with Crippen molar-refractivity contribution in [3.05, 3.63) is 285 Å². The van der Waals surface area contributed by atoms with Gasteiger partial charge in [0.2, 0.25) is 0 Å². The van der Waals surface area contributed by atoms with Gasteiger partial charge in [-0.25, -0.2) is 9.98 Å². The quantitative estimate of drug-likeness (QED) is 0.0896. The van der Waals surface area contributed by atoms with Crippen molar-refractivity contribution in [1.29, 1.82) is 0 Å². The molecular weight excluding hydrogens is 937 g/mol. The fourth-order valence-electron chi connectivity index (χ4n) is 10.0. The Morgan fingerprint density at radius 1 is 0.355 bits per heavy atom. The maximum atomic E-state index is 5.54. The van der Waals surface area contributed by atoms with E-state index in [1.54, 1.807) is 28.4 Å². The lowest BCUT2D eigenvalue weighted by Gasteiger charge is -2.11. The van der Waals surface area contributed by atoms with Crippen LogP contribution in [0.15, 0.2) is 239 Å². The zero-order chi connectivity index (χ0) is 51.8. The van der Waals surface area contributed by atoms with Gasteiger partial charge < -0.3 is 28.9 Å². The summed E-state index contributed by atoms with van der Waals surface area (Å²) in [5.41, 5.74) is 21.7. The average Bonchev–Trinajstić information content (AvgIpc) is 4.28. The average molecular weight is 995 g/mol. The Bertz CT molecular complexity index is 3420. The first kappa shape index (κ1) is 48.8. The Balaban J connectivity index is 0.882. The Morgan fingerprint density at radius 3 is 1.00 bits per heavy atom. The van der Waals surface area contributed by atoms with Crippen LogP contribution < -0.4 is 18.9 Å². The second-order valence-electron chi connectivity index (χ2n) is 19.1. The zero-order valence-electron chi connectivity index (χ0n) is 43.1. The minimum Gasteiger partial charge on any atom is -0.497 e. The second kappa shape index (κ2) is 22.4. The summed E-state index contributed by atoms with van der Waals surface area (Å²) < 4.78 is 22.0. The minimum atomic E-state index is 0.707. The molecule has 9 aromatic rings. The van der Waals surface area contributed by atoms with Gasteiger partial charge in [0.1, 0.15) is 23.0 Å². The molecule has 0 fully saturated rings. The third-order valence-electron chi connectivity index (χ3n) is 14.0. The lowest BCUT2D eigenvalue weighted by atomic mass is 9.94. The van der Waals surface area contributed by atoms with Gasteiger partial charge in [-0.1, -0.05) is 84.9 Å². The van der Waals surface area contributed by atoms with E-state index in [0.717, 1.165) is 115 Å². The predicted octanol–water partition coefficient (Wildman–Crippen LogP) is 14.9. The molecule has 76 heavy (non-hydrogen) atoms. The molecule has 7 aromatic carbocycles. The largest absolute Gasteiger partial charge is 0.497 e. The van der Waals surface area contributed by atoms with Gasteiger partial charge in [-0.15, -0.1) is 0 Å².